The van der Waals surface area contributed by atoms with Gasteiger partial charge < -0.3 is 41.5 Å². The van der Waals surface area contributed by atoms with Gasteiger partial charge in [0.15, 0.2) is 5.96 Å². The zero-order valence-corrected chi connectivity index (χ0v) is 26.8. The Hall–Kier alpha value is -4.62. The first kappa shape index (κ1) is 34.9. The van der Waals surface area contributed by atoms with Crippen LogP contribution in [0.1, 0.15) is 65.9 Å². The average molecular weight is 628 g/mol. The van der Waals surface area contributed by atoms with E-state index in [1.54, 1.807) is 59.7 Å². The molecule has 0 aliphatic carbocycles. The number of nitrogens with one attached hydrogen (secondary N) is 3. The van der Waals surface area contributed by atoms with Crippen LogP contribution >= 0.6 is 0 Å². The number of likely N-dealkylation sites (tertiary alicyclic amines) is 1. The molecular weight excluding hydrogens is 582 g/mol. The van der Waals surface area contributed by atoms with E-state index in [4.69, 9.17) is 20.6 Å². The molecule has 0 unspecified atom stereocenters. The van der Waals surface area contributed by atoms with E-state index >= 15 is 0 Å². The van der Waals surface area contributed by atoms with Gasteiger partial charge in [0.05, 0.1) is 0 Å². The van der Waals surface area contributed by atoms with E-state index in [-0.39, 0.29) is 24.8 Å². The standard InChI is InChI=1S/C31H45N7O7/c1-17(2)25(37-30(43)45-31(4,5)6)28(42)38-14-8-10-22(38)27(41)36-21(9-7-13-34-29(32)33)26(40)35-19-11-12-20-18(3)15-24(39)44-23(20)16-19/h11-12,15-17,21-22,25H,7-10,13-14H2,1-6H3,(H,35,40)(H,36,41)(H,37,43)(H4,32,33,34)/t21-,22+,25-/m0/s1. The van der Waals surface area contributed by atoms with Gasteiger partial charge in [-0.1, -0.05) is 13.8 Å². The molecule has 45 heavy (non-hydrogen) atoms. The summed E-state index contributed by atoms with van der Waals surface area (Å²) in [4.78, 5) is 70.4. The van der Waals surface area contributed by atoms with Gasteiger partial charge >= 0.3 is 11.7 Å². The lowest BCUT2D eigenvalue weighted by molar-refractivity contribution is -0.141. The molecule has 1 aliphatic heterocycles. The molecule has 0 bridgehead atoms. The lowest BCUT2D eigenvalue weighted by atomic mass is 10.0. The van der Waals surface area contributed by atoms with Crippen molar-refractivity contribution in [2.75, 3.05) is 18.4 Å². The van der Waals surface area contributed by atoms with Crippen molar-refractivity contribution in [3.63, 3.8) is 0 Å². The molecule has 14 heteroatoms. The molecule has 7 N–H and O–H groups in total. The lowest BCUT2D eigenvalue weighted by Gasteiger charge is -2.31. The number of anilines is 1. The van der Waals surface area contributed by atoms with Gasteiger partial charge in [-0.2, -0.15) is 0 Å². The highest BCUT2D eigenvalue weighted by Crippen LogP contribution is 2.23. The molecule has 1 saturated heterocycles. The van der Waals surface area contributed by atoms with Crippen LogP contribution in [0, 0.1) is 12.8 Å². The van der Waals surface area contributed by atoms with E-state index in [2.05, 4.69) is 20.9 Å². The van der Waals surface area contributed by atoms with E-state index in [1.165, 1.54) is 11.0 Å². The van der Waals surface area contributed by atoms with Crippen LogP contribution < -0.4 is 33.0 Å². The van der Waals surface area contributed by atoms with E-state index in [9.17, 15) is 24.0 Å². The van der Waals surface area contributed by atoms with Crippen molar-refractivity contribution >= 4 is 46.4 Å². The van der Waals surface area contributed by atoms with Crippen molar-refractivity contribution in [3.05, 3.63) is 40.2 Å². The number of nitrogens with two attached hydrogens (primary N) is 2. The van der Waals surface area contributed by atoms with Gasteiger partial charge in [0.25, 0.3) is 0 Å². The second kappa shape index (κ2) is 14.9. The van der Waals surface area contributed by atoms with Gasteiger partial charge in [-0.05, 0) is 77.0 Å². The first-order chi connectivity index (χ1) is 21.1. The monoisotopic (exact) mass is 627 g/mol. The maximum absolute atomic E-state index is 13.6. The first-order valence-corrected chi connectivity index (χ1v) is 15.1. The second-order valence-corrected chi connectivity index (χ2v) is 12.5. The molecule has 14 nitrogen and oxygen atoms in total. The molecule has 1 aromatic heterocycles. The van der Waals surface area contributed by atoms with E-state index in [0.29, 0.717) is 37.1 Å². The zero-order chi connectivity index (χ0) is 33.5. The Morgan fingerprint density at radius 3 is 2.49 bits per heavy atom. The average Bonchev–Trinajstić information content (AvgIpc) is 3.41. The van der Waals surface area contributed by atoms with Crippen molar-refractivity contribution in [1.82, 2.24) is 15.5 Å². The van der Waals surface area contributed by atoms with E-state index in [1.807, 2.05) is 0 Å². The maximum atomic E-state index is 13.6. The number of carbonyl (C=O) groups excluding carboxylic acids is 4. The van der Waals surface area contributed by atoms with Crippen molar-refractivity contribution < 1.29 is 28.3 Å². The van der Waals surface area contributed by atoms with Crippen LogP contribution in [0.5, 0.6) is 0 Å². The van der Waals surface area contributed by atoms with Crippen LogP contribution in [-0.2, 0) is 19.1 Å². The van der Waals surface area contributed by atoms with Crippen LogP contribution in [0.3, 0.4) is 0 Å². The van der Waals surface area contributed by atoms with Crippen LogP contribution in [-0.4, -0.2) is 71.5 Å². The first-order valence-electron chi connectivity index (χ1n) is 15.1. The lowest BCUT2D eigenvalue weighted by Crippen LogP contribution is -2.57. The number of benzene rings is 1. The number of aryl methyl sites for hydroxylation is 1. The summed E-state index contributed by atoms with van der Waals surface area (Å²) in [7, 11) is 0. The molecule has 0 spiro atoms. The summed E-state index contributed by atoms with van der Waals surface area (Å²) in [5.74, 6) is -1.78. The smallest absolute Gasteiger partial charge is 0.408 e. The van der Waals surface area contributed by atoms with Crippen LogP contribution in [0.15, 0.2) is 38.5 Å². The third-order valence-electron chi connectivity index (χ3n) is 7.24. The molecule has 0 radical (unpaired) electrons. The van der Waals surface area contributed by atoms with Gasteiger partial charge in [0.2, 0.25) is 17.7 Å². The molecule has 1 aromatic carbocycles. The van der Waals surface area contributed by atoms with Gasteiger partial charge in [0.1, 0.15) is 29.3 Å². The van der Waals surface area contributed by atoms with Gasteiger partial charge in [-0.15, -0.1) is 0 Å². The van der Waals surface area contributed by atoms with Crippen molar-refractivity contribution in [1.29, 1.82) is 0 Å². The van der Waals surface area contributed by atoms with Gasteiger partial charge in [-0.25, -0.2) is 9.59 Å². The highest BCUT2D eigenvalue weighted by atomic mass is 16.6. The Bertz CT molecular complexity index is 1490. The molecule has 0 saturated carbocycles. The largest absolute Gasteiger partial charge is 0.444 e. The third-order valence-corrected chi connectivity index (χ3v) is 7.24. The minimum atomic E-state index is -0.995. The molecule has 3 atom stereocenters. The van der Waals surface area contributed by atoms with E-state index < -0.39 is 53.2 Å². The number of carbonyl (C=O) groups is 4. The molecule has 1 aliphatic rings. The molecule has 2 aromatic rings. The topological polar surface area (TPSA) is 211 Å². The van der Waals surface area contributed by atoms with Crippen LogP contribution in [0.2, 0.25) is 0 Å². The fourth-order valence-corrected chi connectivity index (χ4v) is 5.10. The van der Waals surface area contributed by atoms with Crippen molar-refractivity contribution in [2.24, 2.45) is 22.4 Å². The number of fused-ring (bicyclic) bond motifs is 1. The number of nitrogens with zero attached hydrogens (tertiary/aromatic N) is 2. The number of guanidine groups is 1. The summed E-state index contributed by atoms with van der Waals surface area (Å²) in [6, 6.07) is 3.58. The SMILES string of the molecule is Cc1cc(=O)oc2cc(NC(=O)[C@H](CCCN=C(N)N)NC(=O)[C@H]3CCCN3C(=O)[C@@H](NC(=O)OC(C)(C)C)C(C)C)ccc12. The molecule has 1 fully saturated rings. The molecule has 246 valence electrons. The number of alkyl carbamates (subject to hydrolysis) is 1. The summed E-state index contributed by atoms with van der Waals surface area (Å²) in [6.07, 6.45) is 0.816. The Kier molecular flexibility index (Phi) is 11.5. The summed E-state index contributed by atoms with van der Waals surface area (Å²) in [6.45, 7) is 11.1. The number of aliphatic imine (C=N–C) groups is 1. The predicted octanol–water partition coefficient (Wildman–Crippen LogP) is 2.12. The summed E-state index contributed by atoms with van der Waals surface area (Å²) in [5, 5.41) is 8.96. The Balaban J connectivity index is 1.77. The summed E-state index contributed by atoms with van der Waals surface area (Å²) in [5.41, 5.74) is 11.0. The number of amides is 4. The second-order valence-electron chi connectivity index (χ2n) is 12.5. The number of hydrogen-bond acceptors (Lipinski definition) is 8. The Morgan fingerprint density at radius 1 is 1.13 bits per heavy atom. The van der Waals surface area contributed by atoms with Crippen molar-refractivity contribution in [2.45, 2.75) is 91.0 Å². The van der Waals surface area contributed by atoms with Crippen LogP contribution in [0.25, 0.3) is 11.0 Å². The van der Waals surface area contributed by atoms with E-state index in [0.717, 1.165) is 10.9 Å². The third kappa shape index (κ3) is 9.95. The molecule has 3 rings (SSSR count). The normalized spacial score (nSPS) is 16.2. The zero-order valence-electron chi connectivity index (χ0n) is 26.8. The van der Waals surface area contributed by atoms with Crippen molar-refractivity contribution in [3.8, 4) is 0 Å². The summed E-state index contributed by atoms with van der Waals surface area (Å²) < 4.78 is 10.6. The molecule has 2 heterocycles. The highest BCUT2D eigenvalue weighted by molar-refractivity contribution is 6.00. The quantitative estimate of drug-likeness (QED) is 0.107. The Labute approximate surface area is 262 Å². The minimum absolute atomic E-state index is 0.0900. The molecule has 4 amide bonds. The predicted molar refractivity (Wildman–Crippen MR) is 170 cm³/mol. The Morgan fingerprint density at radius 2 is 1.84 bits per heavy atom. The number of rotatable bonds is 11. The minimum Gasteiger partial charge on any atom is -0.444 e. The number of ether oxygens (including phenoxy) is 1. The van der Waals surface area contributed by atoms with Gasteiger partial charge in [0, 0.05) is 36.3 Å². The summed E-state index contributed by atoms with van der Waals surface area (Å²) >= 11 is 0. The maximum Gasteiger partial charge on any atom is 0.408 e. The molecular formula is C31H45N7O7. The number of hydrogen-bond donors (Lipinski definition) is 5. The van der Waals surface area contributed by atoms with Crippen LogP contribution in [0.4, 0.5) is 10.5 Å². The fraction of sp³-hybridized carbons (Fsp3) is 0.548. The van der Waals surface area contributed by atoms with Gasteiger partial charge in [-0.3, -0.25) is 19.4 Å². The fourth-order valence-electron chi connectivity index (χ4n) is 5.10. The highest BCUT2D eigenvalue weighted by Gasteiger charge is 2.40.